The first-order valence-corrected chi connectivity index (χ1v) is 6.23. The lowest BCUT2D eigenvalue weighted by Crippen LogP contribution is -2.40. The third-order valence-electron chi connectivity index (χ3n) is 3.19. The van der Waals surface area contributed by atoms with Gasteiger partial charge in [0.05, 0.1) is 18.7 Å². The summed E-state index contributed by atoms with van der Waals surface area (Å²) in [5.41, 5.74) is 0.884. The van der Waals surface area contributed by atoms with Crippen molar-refractivity contribution < 1.29 is 19.4 Å². The molecule has 1 amide bonds. The zero-order chi connectivity index (χ0) is 13.8. The summed E-state index contributed by atoms with van der Waals surface area (Å²) in [6, 6.07) is 8.75. The van der Waals surface area contributed by atoms with Gasteiger partial charge in [0.2, 0.25) is 0 Å². The van der Waals surface area contributed by atoms with E-state index in [1.165, 1.54) is 11.8 Å². The molecule has 1 aromatic carbocycles. The third kappa shape index (κ3) is 3.32. The van der Waals surface area contributed by atoms with Crippen LogP contribution in [-0.4, -0.2) is 40.6 Å². The molecule has 5 nitrogen and oxygen atoms in total. The third-order valence-corrected chi connectivity index (χ3v) is 3.19. The Morgan fingerprint density at radius 2 is 2.05 bits per heavy atom. The molecule has 5 heteroatoms. The van der Waals surface area contributed by atoms with Gasteiger partial charge in [-0.25, -0.2) is 4.79 Å². The Bertz CT molecular complexity index is 460. The van der Waals surface area contributed by atoms with Crippen molar-refractivity contribution in [2.45, 2.75) is 32.1 Å². The quantitative estimate of drug-likeness (QED) is 0.893. The van der Waals surface area contributed by atoms with Crippen molar-refractivity contribution >= 4 is 11.9 Å². The number of carbonyl (C=O) groups excluding carboxylic acids is 2. The number of nitrogens with zero attached hydrogens (tertiary/aromatic N) is 1. The first-order chi connectivity index (χ1) is 9.08. The fourth-order valence-electron chi connectivity index (χ4n) is 2.20. The van der Waals surface area contributed by atoms with E-state index in [2.05, 4.69) is 0 Å². The van der Waals surface area contributed by atoms with Crippen LogP contribution in [0.4, 0.5) is 4.79 Å². The highest BCUT2D eigenvalue weighted by Crippen LogP contribution is 2.20. The van der Waals surface area contributed by atoms with Gasteiger partial charge in [-0.05, 0) is 12.5 Å². The first-order valence-electron chi connectivity index (χ1n) is 6.23. The fourth-order valence-corrected chi connectivity index (χ4v) is 2.20. The fraction of sp³-hybridized carbons (Fsp3) is 0.429. The summed E-state index contributed by atoms with van der Waals surface area (Å²) in [6.45, 7) is 1.73. The van der Waals surface area contributed by atoms with Gasteiger partial charge < -0.3 is 9.84 Å². The molecule has 1 fully saturated rings. The second-order valence-electron chi connectivity index (χ2n) is 4.71. The van der Waals surface area contributed by atoms with Crippen LogP contribution in [0.2, 0.25) is 0 Å². The Balaban J connectivity index is 1.94. The predicted molar refractivity (Wildman–Crippen MR) is 68.4 cm³/mol. The van der Waals surface area contributed by atoms with Gasteiger partial charge in [0.1, 0.15) is 6.61 Å². The SMILES string of the molecule is CC(=O)[C@@H]1C[C@H](O)CN1C(=O)OCc1ccccc1. The van der Waals surface area contributed by atoms with Crippen LogP contribution in [0.3, 0.4) is 0 Å². The number of hydrogen-bond donors (Lipinski definition) is 1. The van der Waals surface area contributed by atoms with Crippen LogP contribution in [0.15, 0.2) is 30.3 Å². The number of likely N-dealkylation sites (tertiary alicyclic amines) is 1. The van der Waals surface area contributed by atoms with E-state index in [0.29, 0.717) is 0 Å². The molecule has 0 radical (unpaired) electrons. The molecule has 1 N–H and O–H groups in total. The summed E-state index contributed by atoms with van der Waals surface area (Å²) in [4.78, 5) is 24.6. The van der Waals surface area contributed by atoms with Crippen LogP contribution >= 0.6 is 0 Å². The number of benzene rings is 1. The lowest BCUT2D eigenvalue weighted by Gasteiger charge is -2.21. The first kappa shape index (κ1) is 13.5. The highest BCUT2D eigenvalue weighted by atomic mass is 16.6. The predicted octanol–water partition coefficient (Wildman–Crippen LogP) is 1.35. The molecule has 1 saturated heterocycles. The van der Waals surface area contributed by atoms with Gasteiger partial charge in [-0.2, -0.15) is 0 Å². The number of ether oxygens (including phenoxy) is 1. The van der Waals surface area contributed by atoms with Crippen molar-refractivity contribution in [2.24, 2.45) is 0 Å². The van der Waals surface area contributed by atoms with E-state index in [9.17, 15) is 14.7 Å². The van der Waals surface area contributed by atoms with E-state index in [-0.39, 0.29) is 25.4 Å². The molecule has 2 atom stereocenters. The molecule has 1 aliphatic heterocycles. The van der Waals surface area contributed by atoms with Gasteiger partial charge in [0, 0.05) is 6.42 Å². The largest absolute Gasteiger partial charge is 0.445 e. The van der Waals surface area contributed by atoms with Gasteiger partial charge in [-0.1, -0.05) is 30.3 Å². The van der Waals surface area contributed by atoms with Crippen molar-refractivity contribution in [1.82, 2.24) is 4.90 Å². The molecule has 19 heavy (non-hydrogen) atoms. The van der Waals surface area contributed by atoms with Crippen LogP contribution in [0.25, 0.3) is 0 Å². The molecule has 0 spiro atoms. The van der Waals surface area contributed by atoms with Gasteiger partial charge in [0.25, 0.3) is 0 Å². The van der Waals surface area contributed by atoms with Crippen LogP contribution in [0, 0.1) is 0 Å². The van der Waals surface area contributed by atoms with Crippen molar-refractivity contribution in [3.8, 4) is 0 Å². The summed E-state index contributed by atoms with van der Waals surface area (Å²) >= 11 is 0. The summed E-state index contributed by atoms with van der Waals surface area (Å²) < 4.78 is 5.16. The standard InChI is InChI=1S/C14H17NO4/c1-10(16)13-7-12(17)8-15(13)14(18)19-9-11-5-3-2-4-6-11/h2-6,12-13,17H,7-9H2,1H3/t12-,13-/m0/s1. The topological polar surface area (TPSA) is 66.8 Å². The van der Waals surface area contributed by atoms with E-state index in [0.717, 1.165) is 5.56 Å². The average Bonchev–Trinajstić information content (AvgIpc) is 2.79. The normalized spacial score (nSPS) is 22.3. The monoisotopic (exact) mass is 263 g/mol. The van der Waals surface area contributed by atoms with E-state index < -0.39 is 18.2 Å². The number of carbonyl (C=O) groups is 2. The molecule has 102 valence electrons. The minimum atomic E-state index is -0.654. The highest BCUT2D eigenvalue weighted by Gasteiger charge is 2.37. The molecule has 1 heterocycles. The maximum atomic E-state index is 11.9. The zero-order valence-electron chi connectivity index (χ0n) is 10.8. The van der Waals surface area contributed by atoms with E-state index in [1.54, 1.807) is 0 Å². The number of aliphatic hydroxyl groups excluding tert-OH is 1. The van der Waals surface area contributed by atoms with Gasteiger partial charge >= 0.3 is 6.09 Å². The molecule has 0 aromatic heterocycles. The number of amides is 1. The summed E-state index contributed by atoms with van der Waals surface area (Å²) in [5, 5.41) is 9.55. The lowest BCUT2D eigenvalue weighted by molar-refractivity contribution is -0.120. The zero-order valence-corrected chi connectivity index (χ0v) is 10.8. The summed E-state index contributed by atoms with van der Waals surface area (Å²) in [6.07, 6.45) is -0.922. The molecule has 2 rings (SSSR count). The minimum Gasteiger partial charge on any atom is -0.445 e. The number of rotatable bonds is 3. The highest BCUT2D eigenvalue weighted by molar-refractivity contribution is 5.86. The van der Waals surface area contributed by atoms with Crippen LogP contribution in [0.5, 0.6) is 0 Å². The second-order valence-corrected chi connectivity index (χ2v) is 4.71. The van der Waals surface area contributed by atoms with Crippen molar-refractivity contribution in [2.75, 3.05) is 6.54 Å². The molecule has 1 aromatic rings. The van der Waals surface area contributed by atoms with E-state index in [4.69, 9.17) is 4.74 Å². The lowest BCUT2D eigenvalue weighted by atomic mass is 10.1. The van der Waals surface area contributed by atoms with Gasteiger partial charge in [-0.15, -0.1) is 0 Å². The van der Waals surface area contributed by atoms with Crippen molar-refractivity contribution in [3.63, 3.8) is 0 Å². The summed E-state index contributed by atoms with van der Waals surface area (Å²) in [5.74, 6) is -0.131. The maximum Gasteiger partial charge on any atom is 0.410 e. The van der Waals surface area contributed by atoms with Crippen LogP contribution < -0.4 is 0 Å². The van der Waals surface area contributed by atoms with Gasteiger partial charge in [-0.3, -0.25) is 9.69 Å². The molecular formula is C14H17NO4. The van der Waals surface area contributed by atoms with E-state index in [1.807, 2.05) is 30.3 Å². The number of ketones is 1. The minimum absolute atomic E-state index is 0.131. The molecule has 0 aliphatic carbocycles. The molecule has 1 aliphatic rings. The molecular weight excluding hydrogens is 246 g/mol. The Morgan fingerprint density at radius 3 is 2.68 bits per heavy atom. The molecule has 0 bridgehead atoms. The number of β-amino-alcohol motifs (C(OH)–C–C–N with tert-alkyl or cyclic N) is 1. The average molecular weight is 263 g/mol. The number of hydrogen-bond acceptors (Lipinski definition) is 4. The second kappa shape index (κ2) is 5.84. The Hall–Kier alpha value is -1.88. The van der Waals surface area contributed by atoms with Crippen molar-refractivity contribution in [3.05, 3.63) is 35.9 Å². The van der Waals surface area contributed by atoms with Crippen LogP contribution in [0.1, 0.15) is 18.9 Å². The summed E-state index contributed by atoms with van der Waals surface area (Å²) in [7, 11) is 0. The van der Waals surface area contributed by atoms with Crippen LogP contribution in [-0.2, 0) is 16.1 Å². The Labute approximate surface area is 111 Å². The molecule has 0 unspecified atom stereocenters. The van der Waals surface area contributed by atoms with Gasteiger partial charge in [0.15, 0.2) is 5.78 Å². The van der Waals surface area contributed by atoms with E-state index >= 15 is 0 Å². The number of Topliss-reactive ketones (excluding diaryl/α,β-unsaturated/α-hetero) is 1. The van der Waals surface area contributed by atoms with Crippen molar-refractivity contribution in [1.29, 1.82) is 0 Å². The maximum absolute atomic E-state index is 11.9. The molecule has 0 saturated carbocycles. The Kier molecular flexibility index (Phi) is 4.16. The Morgan fingerprint density at radius 1 is 1.37 bits per heavy atom. The smallest absolute Gasteiger partial charge is 0.410 e. The number of aliphatic hydroxyl groups is 1.